The third kappa shape index (κ3) is 4.96. The molecule has 0 atom stereocenters. The smallest absolute Gasteiger partial charge is 0.338 e. The number of H-pyrrole nitrogens is 1. The first-order valence-corrected chi connectivity index (χ1v) is 9.76. The van der Waals surface area contributed by atoms with Crippen LogP contribution in [0.15, 0.2) is 53.7 Å². The van der Waals surface area contributed by atoms with Crippen LogP contribution in [0, 0.1) is 0 Å². The summed E-state index contributed by atoms with van der Waals surface area (Å²) in [6, 6.07) is 9.91. The maximum Gasteiger partial charge on any atom is 0.338 e. The van der Waals surface area contributed by atoms with Gasteiger partial charge in [-0.2, -0.15) is 0 Å². The zero-order valence-electron chi connectivity index (χ0n) is 15.1. The first-order chi connectivity index (χ1) is 13.7. The van der Waals surface area contributed by atoms with E-state index in [1.807, 2.05) is 4.72 Å². The number of hydrogen-bond acceptors (Lipinski definition) is 7. The van der Waals surface area contributed by atoms with Gasteiger partial charge in [-0.05, 0) is 42.5 Å². The van der Waals surface area contributed by atoms with Gasteiger partial charge >= 0.3 is 5.97 Å². The minimum absolute atomic E-state index is 0.133. The van der Waals surface area contributed by atoms with Gasteiger partial charge in [-0.1, -0.05) is 0 Å². The molecule has 0 aliphatic heterocycles. The van der Waals surface area contributed by atoms with Crippen LogP contribution in [0.1, 0.15) is 17.3 Å². The number of nitrogens with zero attached hydrogens (tertiary/aromatic N) is 1. The Balaban J connectivity index is 1.56. The molecule has 150 valence electrons. The Morgan fingerprint density at radius 2 is 1.83 bits per heavy atom. The van der Waals surface area contributed by atoms with Crippen LogP contribution in [0.4, 0.5) is 5.69 Å². The number of aromatic amines is 1. The Kier molecular flexibility index (Phi) is 5.59. The second kappa shape index (κ2) is 8.10. The van der Waals surface area contributed by atoms with Gasteiger partial charge < -0.3 is 15.0 Å². The van der Waals surface area contributed by atoms with Crippen LogP contribution in [-0.2, 0) is 24.3 Å². The fraction of sp³-hybridized carbons (Fsp3) is 0.111. The number of esters is 1. The lowest BCUT2D eigenvalue weighted by molar-refractivity contribution is -0.119. The maximum atomic E-state index is 12.1. The number of aromatic nitrogens is 2. The molecule has 11 heteroatoms. The predicted molar refractivity (Wildman–Crippen MR) is 102 cm³/mol. The van der Waals surface area contributed by atoms with Crippen molar-refractivity contribution in [2.75, 3.05) is 11.9 Å². The van der Waals surface area contributed by atoms with E-state index in [0.29, 0.717) is 16.7 Å². The molecule has 0 fully saturated rings. The van der Waals surface area contributed by atoms with Crippen LogP contribution < -0.4 is 10.0 Å². The molecule has 1 heterocycles. The van der Waals surface area contributed by atoms with Crippen LogP contribution in [0.25, 0.3) is 11.0 Å². The number of fused-ring (bicyclic) bond motifs is 1. The van der Waals surface area contributed by atoms with Crippen molar-refractivity contribution >= 4 is 44.5 Å². The van der Waals surface area contributed by atoms with E-state index in [1.165, 1.54) is 36.7 Å². The number of sulfonamides is 1. The topological polar surface area (TPSA) is 147 Å². The predicted octanol–water partition coefficient (Wildman–Crippen LogP) is 1.18. The molecule has 3 N–H and O–H groups in total. The Morgan fingerprint density at radius 1 is 1.10 bits per heavy atom. The van der Waals surface area contributed by atoms with Gasteiger partial charge in [0.2, 0.25) is 5.91 Å². The highest BCUT2D eigenvalue weighted by molar-refractivity contribution is 7.90. The van der Waals surface area contributed by atoms with E-state index >= 15 is 0 Å². The molecule has 0 aliphatic carbocycles. The lowest BCUT2D eigenvalue weighted by atomic mass is 10.2. The van der Waals surface area contributed by atoms with Crippen LogP contribution in [0.2, 0.25) is 0 Å². The zero-order chi connectivity index (χ0) is 21.0. The van der Waals surface area contributed by atoms with Gasteiger partial charge in [0.15, 0.2) is 6.61 Å². The third-order valence-corrected chi connectivity index (χ3v) is 5.17. The Hall–Kier alpha value is -3.73. The number of carbonyl (C=O) groups excluding carboxylic acids is 3. The van der Waals surface area contributed by atoms with Crippen molar-refractivity contribution < 1.29 is 27.5 Å². The van der Waals surface area contributed by atoms with Crippen molar-refractivity contribution in [3.05, 3.63) is 54.4 Å². The molecule has 1 aromatic heterocycles. The highest BCUT2D eigenvalue weighted by Crippen LogP contribution is 2.15. The number of carbonyl (C=O) groups is 3. The summed E-state index contributed by atoms with van der Waals surface area (Å²) in [6.07, 6.45) is 1.50. The van der Waals surface area contributed by atoms with Gasteiger partial charge in [0.05, 0.1) is 27.8 Å². The number of rotatable bonds is 6. The van der Waals surface area contributed by atoms with Crippen molar-refractivity contribution in [3.8, 4) is 0 Å². The first kappa shape index (κ1) is 20.0. The number of amides is 2. The summed E-state index contributed by atoms with van der Waals surface area (Å²) in [5, 5.41) is 2.48. The SMILES string of the molecule is CC(=O)NS(=O)(=O)c1ccc(NC(=O)COC(=O)c2ccc3nc[nH]c3c2)cc1. The minimum Gasteiger partial charge on any atom is -0.452 e. The highest BCUT2D eigenvalue weighted by atomic mass is 32.2. The molecule has 0 unspecified atom stereocenters. The average Bonchev–Trinajstić information content (AvgIpc) is 3.13. The Labute approximate surface area is 165 Å². The fourth-order valence-corrected chi connectivity index (χ4v) is 3.43. The Morgan fingerprint density at radius 3 is 2.52 bits per heavy atom. The molecule has 29 heavy (non-hydrogen) atoms. The van der Waals surface area contributed by atoms with E-state index in [9.17, 15) is 22.8 Å². The standard InChI is InChI=1S/C18H16N4O6S/c1-11(23)22-29(26,27)14-5-3-13(4-6-14)21-17(24)9-28-18(25)12-2-7-15-16(8-12)20-10-19-15/h2-8,10H,9H2,1H3,(H,19,20)(H,21,24)(H,22,23). The molecule has 0 saturated carbocycles. The van der Waals surface area contributed by atoms with E-state index in [2.05, 4.69) is 15.3 Å². The minimum atomic E-state index is -3.96. The van der Waals surface area contributed by atoms with Crippen molar-refractivity contribution in [1.29, 1.82) is 0 Å². The summed E-state index contributed by atoms with van der Waals surface area (Å²) < 4.78 is 30.6. The van der Waals surface area contributed by atoms with Crippen LogP contribution in [0.3, 0.4) is 0 Å². The number of ether oxygens (including phenoxy) is 1. The molecule has 0 radical (unpaired) electrons. The van der Waals surface area contributed by atoms with Gasteiger partial charge in [0.1, 0.15) is 0 Å². The van der Waals surface area contributed by atoms with E-state index in [1.54, 1.807) is 12.1 Å². The average molecular weight is 416 g/mol. The summed E-state index contributed by atoms with van der Waals surface area (Å²) in [7, 11) is -3.96. The fourth-order valence-electron chi connectivity index (χ4n) is 2.44. The highest BCUT2D eigenvalue weighted by Gasteiger charge is 2.16. The monoisotopic (exact) mass is 416 g/mol. The van der Waals surface area contributed by atoms with E-state index in [0.717, 1.165) is 6.92 Å². The third-order valence-electron chi connectivity index (χ3n) is 3.72. The molecule has 0 bridgehead atoms. The Bertz CT molecular complexity index is 1180. The molecule has 0 spiro atoms. The zero-order valence-corrected chi connectivity index (χ0v) is 15.9. The van der Waals surface area contributed by atoms with Crippen LogP contribution in [-0.4, -0.2) is 42.8 Å². The van der Waals surface area contributed by atoms with Crippen molar-refractivity contribution in [3.63, 3.8) is 0 Å². The number of imidazole rings is 1. The molecule has 2 amide bonds. The van der Waals surface area contributed by atoms with Crippen molar-refractivity contribution in [1.82, 2.24) is 14.7 Å². The van der Waals surface area contributed by atoms with Gasteiger partial charge in [-0.15, -0.1) is 0 Å². The second-order valence-electron chi connectivity index (χ2n) is 5.94. The lowest BCUT2D eigenvalue weighted by Gasteiger charge is -2.08. The summed E-state index contributed by atoms with van der Waals surface area (Å²) in [4.78, 5) is 41.8. The van der Waals surface area contributed by atoms with Gasteiger partial charge in [0, 0.05) is 12.6 Å². The maximum absolute atomic E-state index is 12.1. The summed E-state index contributed by atoms with van der Waals surface area (Å²) in [5.74, 6) is -1.98. The summed E-state index contributed by atoms with van der Waals surface area (Å²) in [6.45, 7) is 0.562. The first-order valence-electron chi connectivity index (χ1n) is 8.28. The van der Waals surface area contributed by atoms with E-state index in [4.69, 9.17) is 4.74 Å². The largest absolute Gasteiger partial charge is 0.452 e. The normalized spacial score (nSPS) is 11.1. The van der Waals surface area contributed by atoms with Crippen LogP contribution >= 0.6 is 0 Å². The number of nitrogens with one attached hydrogen (secondary N) is 3. The van der Waals surface area contributed by atoms with Crippen molar-refractivity contribution in [2.24, 2.45) is 0 Å². The molecule has 0 aliphatic rings. The summed E-state index contributed by atoms with van der Waals surface area (Å²) >= 11 is 0. The van der Waals surface area contributed by atoms with E-state index in [-0.39, 0.29) is 10.5 Å². The molecule has 10 nitrogen and oxygen atoms in total. The number of anilines is 1. The van der Waals surface area contributed by atoms with Crippen molar-refractivity contribution in [2.45, 2.75) is 11.8 Å². The molecule has 3 aromatic rings. The molecule has 3 rings (SSSR count). The van der Waals surface area contributed by atoms with Gasteiger partial charge in [-0.3, -0.25) is 9.59 Å². The molecule has 2 aromatic carbocycles. The van der Waals surface area contributed by atoms with Gasteiger partial charge in [-0.25, -0.2) is 22.9 Å². The van der Waals surface area contributed by atoms with Crippen LogP contribution in [0.5, 0.6) is 0 Å². The molecular formula is C18H16N4O6S. The quantitative estimate of drug-likeness (QED) is 0.511. The second-order valence-corrected chi connectivity index (χ2v) is 7.63. The molecular weight excluding hydrogens is 400 g/mol. The lowest BCUT2D eigenvalue weighted by Crippen LogP contribution is -2.28. The summed E-state index contributed by atoms with van der Waals surface area (Å²) in [5.41, 5.74) is 1.93. The number of benzene rings is 2. The number of hydrogen-bond donors (Lipinski definition) is 3. The van der Waals surface area contributed by atoms with Gasteiger partial charge in [0.25, 0.3) is 15.9 Å². The van der Waals surface area contributed by atoms with E-state index < -0.39 is 34.4 Å². The molecule has 0 saturated heterocycles.